The predicted octanol–water partition coefficient (Wildman–Crippen LogP) is 3.20. The molecule has 27 heteroatoms. The van der Waals surface area contributed by atoms with Crippen LogP contribution in [0.25, 0.3) is 0 Å². The van der Waals surface area contributed by atoms with Gasteiger partial charge in [0, 0.05) is 56.8 Å². The number of nitro benzene ring substituents is 1. The number of amides is 2. The zero-order chi connectivity index (χ0) is 64.1. The van der Waals surface area contributed by atoms with Crippen molar-refractivity contribution in [1.82, 2.24) is 5.32 Å². The molecule has 2 amide bonds. The minimum atomic E-state index is -2.65. The number of anilines is 1. The van der Waals surface area contributed by atoms with Gasteiger partial charge >= 0.3 is 35.9 Å². The summed E-state index contributed by atoms with van der Waals surface area (Å²) < 4.78 is 48.0. The van der Waals surface area contributed by atoms with Gasteiger partial charge in [-0.1, -0.05) is 80.6 Å². The van der Waals surface area contributed by atoms with Gasteiger partial charge in [0.1, 0.15) is 54.0 Å². The van der Waals surface area contributed by atoms with E-state index < -0.39 is 184 Å². The van der Waals surface area contributed by atoms with Crippen molar-refractivity contribution in [2.75, 3.05) is 18.6 Å². The van der Waals surface area contributed by atoms with Crippen LogP contribution in [0.15, 0.2) is 120 Å². The van der Waals surface area contributed by atoms with E-state index in [4.69, 9.17) is 37.9 Å². The first kappa shape index (κ1) is 63.8. The molecule has 88 heavy (non-hydrogen) atoms. The van der Waals surface area contributed by atoms with Crippen LogP contribution in [0.1, 0.15) is 86.7 Å². The molecule has 2 saturated heterocycles. The highest BCUT2D eigenvalue weighted by Crippen LogP contribution is 2.64. The molecule has 2 saturated carbocycles. The van der Waals surface area contributed by atoms with Crippen LogP contribution >= 0.6 is 0 Å². The average Bonchev–Trinajstić information content (AvgIpc) is 0.679. The van der Waals surface area contributed by atoms with Gasteiger partial charge in [-0.25, -0.2) is 19.2 Å². The van der Waals surface area contributed by atoms with E-state index in [1.54, 1.807) is 30.3 Å². The standard InChI is InChI=1S/C61H65N3O24/c1-29-38(27-61(78)51(87-54(75)34-21-15-10-16-22-34)49-59(6,39(67)26-40-60(49,28-81-40)88-31(3)66)50(71)46(82-30(2)65)41(29)58(61,4)5)83-55(76)47(42(32-17-11-8-12-18-32)62-52(72)33-19-13-9-14-20-33)86-57(77)63(7)36-25-35(64(79)80)23-24-37(36)84-56-45(70)43(68)44(69)48(85-56)53(73)74/h8-25,38-40,42-49,51,56,67-70,78H,26-28H2,1-7H3,(H,62,72)(H,73,74)/t38-,39-,40+,42-,43-,44-,45+,46+,47+,48-,49-,51-,56+,59+,60-,61+/m0/s1. The molecule has 4 aromatic rings. The number of carbonyl (C=O) groups excluding carboxylic acids is 7. The third kappa shape index (κ3) is 11.3. The SMILES string of the molecule is CC(=O)O[C@H]1C(=O)[C@@]2(C)[C@H]([C@H](OC(=O)c3ccccc3)[C@]3(O)C[C@H](OC(=O)[C@H](OC(=O)N(C)c4cc([N+](=O)[O-])ccc4O[C@@H]4O[C@H](C(=O)O)[C@@H](O)[C@H](O)[C@H]4O)[C@@H](NC(=O)c4ccccc4)c4ccccc4)C(C)=C1C3(C)C)[C@]1(OC(C)=O)CO[C@@H]1C[C@@H]2O. The van der Waals surface area contributed by atoms with Crippen molar-refractivity contribution >= 4 is 59.0 Å². The van der Waals surface area contributed by atoms with Gasteiger partial charge in [-0.05, 0) is 60.9 Å². The van der Waals surface area contributed by atoms with Crippen LogP contribution in [0.5, 0.6) is 5.75 Å². The van der Waals surface area contributed by atoms with Crippen LogP contribution in [0, 0.1) is 26.9 Å². The van der Waals surface area contributed by atoms with Crippen LogP contribution < -0.4 is 15.0 Å². The fourth-order valence-corrected chi connectivity index (χ4v) is 12.8. The lowest BCUT2D eigenvalue weighted by atomic mass is 9.44. The number of carbonyl (C=O) groups is 8. The van der Waals surface area contributed by atoms with Crippen molar-refractivity contribution in [3.63, 3.8) is 0 Å². The number of hydrogen-bond donors (Lipinski definition) is 7. The number of aliphatic hydroxyl groups excluding tert-OH is 4. The zero-order valence-electron chi connectivity index (χ0n) is 48.4. The maximum atomic E-state index is 15.9. The second-order valence-corrected chi connectivity index (χ2v) is 23.0. The minimum Gasteiger partial charge on any atom is -0.479 e. The fraction of sp³-hybridized carbons (Fsp3) is 0.443. The number of aliphatic hydroxyl groups is 5. The Kier molecular flexibility index (Phi) is 17.7. The smallest absolute Gasteiger partial charge is 0.415 e. The number of carboxylic acid groups (broad SMARTS) is 1. The normalized spacial score (nSPS) is 31.0. The van der Waals surface area contributed by atoms with Crippen molar-refractivity contribution in [3.8, 4) is 5.75 Å². The summed E-state index contributed by atoms with van der Waals surface area (Å²) >= 11 is 0. The highest BCUT2D eigenvalue weighted by atomic mass is 16.7. The topological polar surface area (TPSA) is 390 Å². The number of carboxylic acids is 1. The Labute approximate surface area is 501 Å². The van der Waals surface area contributed by atoms with Gasteiger partial charge in [0.15, 0.2) is 23.6 Å². The molecule has 3 aliphatic carbocycles. The zero-order valence-corrected chi connectivity index (χ0v) is 48.4. The number of ketones is 1. The van der Waals surface area contributed by atoms with E-state index in [0.717, 1.165) is 39.1 Å². The molecule has 7 N–H and O–H groups in total. The van der Waals surface area contributed by atoms with Crippen LogP contribution in [0.3, 0.4) is 0 Å². The van der Waals surface area contributed by atoms with E-state index in [-0.39, 0.29) is 34.3 Å². The molecule has 0 spiro atoms. The lowest BCUT2D eigenvalue weighted by Crippen LogP contribution is -2.82. The van der Waals surface area contributed by atoms with Gasteiger partial charge in [0.2, 0.25) is 12.4 Å². The van der Waals surface area contributed by atoms with Crippen LogP contribution in [-0.4, -0.2) is 175 Å². The molecule has 468 valence electrons. The summed E-state index contributed by atoms with van der Waals surface area (Å²) in [5.74, 6) is -10.4. The summed E-state index contributed by atoms with van der Waals surface area (Å²) in [5, 5.41) is 83.0. The number of fused-ring (bicyclic) bond motifs is 5. The molecule has 16 atom stereocenters. The Balaban J connectivity index is 1.19. The van der Waals surface area contributed by atoms with Gasteiger partial charge in [0.25, 0.3) is 11.6 Å². The van der Waals surface area contributed by atoms with Crippen molar-refractivity contribution < 1.29 is 112 Å². The maximum Gasteiger partial charge on any atom is 0.415 e. The molecular formula is C61H65N3O24. The van der Waals surface area contributed by atoms with Crippen molar-refractivity contribution in [2.24, 2.45) is 16.7 Å². The Bertz CT molecular complexity index is 3440. The molecule has 0 unspecified atom stereocenters. The number of benzene rings is 4. The van der Waals surface area contributed by atoms with E-state index in [0.29, 0.717) is 4.90 Å². The highest BCUT2D eigenvalue weighted by Gasteiger charge is 2.78. The first-order valence-electron chi connectivity index (χ1n) is 27.8. The number of hydrogen-bond acceptors (Lipinski definition) is 23. The Morgan fingerprint density at radius 2 is 1.42 bits per heavy atom. The number of nitrogens with zero attached hydrogens (tertiary/aromatic N) is 2. The largest absolute Gasteiger partial charge is 0.479 e. The molecule has 5 aliphatic rings. The molecule has 27 nitrogen and oxygen atoms in total. The number of Topliss-reactive ketones (excluding diaryl/α,β-unsaturated/α-hetero) is 1. The molecule has 2 aliphatic heterocycles. The third-order valence-electron chi connectivity index (χ3n) is 17.5. The molecule has 4 aromatic carbocycles. The van der Waals surface area contributed by atoms with Crippen molar-refractivity contribution in [1.29, 1.82) is 0 Å². The number of nitro groups is 1. The van der Waals surface area contributed by atoms with Crippen molar-refractivity contribution in [3.05, 3.63) is 147 Å². The van der Waals surface area contributed by atoms with Gasteiger partial charge < -0.3 is 73.9 Å². The van der Waals surface area contributed by atoms with E-state index >= 15 is 9.59 Å². The van der Waals surface area contributed by atoms with E-state index in [1.807, 2.05) is 0 Å². The Hall–Kier alpha value is -8.70. The summed E-state index contributed by atoms with van der Waals surface area (Å²) in [6, 6.07) is 23.5. The number of nitrogens with one attached hydrogen (secondary N) is 1. The Morgan fingerprint density at radius 3 is 1.99 bits per heavy atom. The summed E-state index contributed by atoms with van der Waals surface area (Å²) in [5.41, 5.74) is -10.1. The number of esters is 4. The van der Waals surface area contributed by atoms with E-state index in [9.17, 15) is 69.5 Å². The van der Waals surface area contributed by atoms with Crippen LogP contribution in [-0.2, 0) is 57.1 Å². The summed E-state index contributed by atoms with van der Waals surface area (Å²) in [6.07, 6.45) is -24.6. The molecule has 2 heterocycles. The second kappa shape index (κ2) is 24.5. The minimum absolute atomic E-state index is 0.0391. The Morgan fingerprint density at radius 1 is 0.807 bits per heavy atom. The van der Waals surface area contributed by atoms with Gasteiger partial charge in [-0.3, -0.25) is 34.2 Å². The lowest BCUT2D eigenvalue weighted by Gasteiger charge is -2.67. The van der Waals surface area contributed by atoms with Crippen molar-refractivity contribution in [2.45, 2.75) is 139 Å². The fourth-order valence-electron chi connectivity index (χ4n) is 12.8. The quantitative estimate of drug-likeness (QED) is 0.0278. The summed E-state index contributed by atoms with van der Waals surface area (Å²) in [4.78, 5) is 126. The first-order chi connectivity index (χ1) is 41.5. The van der Waals surface area contributed by atoms with E-state index in [1.165, 1.54) is 88.4 Å². The third-order valence-corrected chi connectivity index (χ3v) is 17.5. The van der Waals surface area contributed by atoms with Crippen LogP contribution in [0.2, 0.25) is 0 Å². The molecule has 0 aromatic heterocycles. The summed E-state index contributed by atoms with van der Waals surface area (Å²) in [7, 11) is 0.994. The van der Waals surface area contributed by atoms with Crippen LogP contribution in [0.4, 0.5) is 16.2 Å². The molecule has 0 radical (unpaired) electrons. The van der Waals surface area contributed by atoms with Gasteiger partial charge in [-0.15, -0.1) is 0 Å². The lowest BCUT2D eigenvalue weighted by molar-refractivity contribution is -0.384. The molecule has 4 fully saturated rings. The van der Waals surface area contributed by atoms with Gasteiger partial charge in [-0.2, -0.15) is 0 Å². The monoisotopic (exact) mass is 1220 g/mol. The first-order valence-corrected chi connectivity index (χ1v) is 27.8. The molecule has 9 rings (SSSR count). The van der Waals surface area contributed by atoms with E-state index in [2.05, 4.69) is 5.32 Å². The second-order valence-electron chi connectivity index (χ2n) is 23.0. The maximum absolute atomic E-state index is 15.9. The number of ether oxygens (including phenoxy) is 8. The molecular weight excluding hydrogens is 1160 g/mol. The number of aliphatic carboxylic acids is 1. The number of non-ortho nitro benzene ring substituents is 1. The molecule has 2 bridgehead atoms. The predicted molar refractivity (Wildman–Crippen MR) is 298 cm³/mol. The average molecular weight is 1220 g/mol. The number of rotatable bonds is 16. The van der Waals surface area contributed by atoms with Gasteiger partial charge in [0.05, 0.1) is 40.2 Å². The highest BCUT2D eigenvalue weighted by molar-refractivity contribution is 5.97. The summed E-state index contributed by atoms with van der Waals surface area (Å²) in [6.45, 7) is 7.27.